The van der Waals surface area contributed by atoms with Crippen LogP contribution in [0.1, 0.15) is 26.3 Å². The van der Waals surface area contributed by atoms with E-state index in [1.165, 1.54) is 10.9 Å². The zero-order valence-corrected chi connectivity index (χ0v) is 12.2. The molecule has 0 unspecified atom stereocenters. The third kappa shape index (κ3) is 3.07. The van der Waals surface area contributed by atoms with Gasteiger partial charge in [0.25, 0.3) is 0 Å². The summed E-state index contributed by atoms with van der Waals surface area (Å²) in [5, 5.41) is 1.21. The summed E-state index contributed by atoms with van der Waals surface area (Å²) in [5.41, 5.74) is 2.40. The first-order valence-corrected chi connectivity index (χ1v) is 6.89. The van der Waals surface area contributed by atoms with Crippen LogP contribution in [0.15, 0.2) is 18.5 Å². The molecule has 4 nitrogen and oxygen atoms in total. The number of rotatable bonds is 6. The van der Waals surface area contributed by atoms with Gasteiger partial charge in [0.05, 0.1) is 18.8 Å². The number of hydrogen-bond donors (Lipinski definition) is 1. The molecule has 0 radical (unpaired) electrons. The number of likely N-dealkylation sites (N-methyl/N-ethyl adjacent to an activating group) is 1. The van der Waals surface area contributed by atoms with Gasteiger partial charge in [-0.1, -0.05) is 6.92 Å². The van der Waals surface area contributed by atoms with Gasteiger partial charge in [0, 0.05) is 30.2 Å². The van der Waals surface area contributed by atoms with E-state index in [0.29, 0.717) is 11.9 Å². The van der Waals surface area contributed by atoms with Crippen molar-refractivity contribution >= 4 is 10.9 Å². The van der Waals surface area contributed by atoms with Crippen LogP contribution >= 0.6 is 0 Å². The SMILES string of the molecule is CCN(CCc1c[nH]c2cnc(OC)cc12)C(C)C. The summed E-state index contributed by atoms with van der Waals surface area (Å²) in [5.74, 6) is 0.671. The molecule has 4 heteroatoms. The molecule has 0 saturated heterocycles. The van der Waals surface area contributed by atoms with Crippen molar-refractivity contribution in [2.45, 2.75) is 33.2 Å². The van der Waals surface area contributed by atoms with Gasteiger partial charge in [0.2, 0.25) is 5.88 Å². The zero-order chi connectivity index (χ0) is 13.8. The Morgan fingerprint density at radius 3 is 2.84 bits per heavy atom. The van der Waals surface area contributed by atoms with Crippen molar-refractivity contribution in [1.29, 1.82) is 0 Å². The molecule has 0 aliphatic rings. The van der Waals surface area contributed by atoms with Gasteiger partial charge in [-0.2, -0.15) is 0 Å². The van der Waals surface area contributed by atoms with Crippen LogP contribution in [0.4, 0.5) is 0 Å². The molecule has 0 saturated carbocycles. The summed E-state index contributed by atoms with van der Waals surface area (Å²) in [6, 6.07) is 2.60. The molecule has 19 heavy (non-hydrogen) atoms. The molecular formula is C15H23N3O. The summed E-state index contributed by atoms with van der Waals surface area (Å²) in [6.45, 7) is 8.86. The molecule has 2 aromatic rings. The quantitative estimate of drug-likeness (QED) is 0.869. The highest BCUT2D eigenvalue weighted by molar-refractivity contribution is 5.83. The predicted octanol–water partition coefficient (Wildman–Crippen LogP) is 2.84. The van der Waals surface area contributed by atoms with E-state index in [1.54, 1.807) is 7.11 Å². The first-order chi connectivity index (χ1) is 9.15. The van der Waals surface area contributed by atoms with E-state index in [4.69, 9.17) is 4.74 Å². The molecule has 2 aromatic heterocycles. The van der Waals surface area contributed by atoms with Crippen molar-refractivity contribution in [3.05, 3.63) is 24.0 Å². The van der Waals surface area contributed by atoms with E-state index >= 15 is 0 Å². The van der Waals surface area contributed by atoms with Crippen LogP contribution in [0.2, 0.25) is 0 Å². The Labute approximate surface area is 114 Å². The van der Waals surface area contributed by atoms with Crippen LogP contribution in [0.5, 0.6) is 5.88 Å². The Bertz CT molecular complexity index is 533. The minimum atomic E-state index is 0.589. The topological polar surface area (TPSA) is 41.2 Å². The van der Waals surface area contributed by atoms with Crippen LogP contribution in [0.25, 0.3) is 10.9 Å². The summed E-state index contributed by atoms with van der Waals surface area (Å²) in [4.78, 5) is 9.96. The minimum absolute atomic E-state index is 0.589. The lowest BCUT2D eigenvalue weighted by Crippen LogP contribution is -2.32. The molecular weight excluding hydrogens is 238 g/mol. The molecule has 104 valence electrons. The second-order valence-corrected chi connectivity index (χ2v) is 5.06. The van der Waals surface area contributed by atoms with E-state index in [2.05, 4.69) is 41.8 Å². The van der Waals surface area contributed by atoms with Crippen molar-refractivity contribution in [2.75, 3.05) is 20.2 Å². The van der Waals surface area contributed by atoms with Crippen LogP contribution in [-0.2, 0) is 6.42 Å². The Morgan fingerprint density at radius 2 is 2.21 bits per heavy atom. The third-order valence-corrected chi connectivity index (χ3v) is 3.64. The molecule has 0 amide bonds. The summed E-state index contributed by atoms with van der Waals surface area (Å²) in [7, 11) is 1.65. The molecule has 1 N–H and O–H groups in total. The van der Waals surface area contributed by atoms with E-state index < -0.39 is 0 Å². The smallest absolute Gasteiger partial charge is 0.213 e. The fourth-order valence-corrected chi connectivity index (χ4v) is 2.42. The van der Waals surface area contributed by atoms with Crippen molar-refractivity contribution < 1.29 is 4.74 Å². The average Bonchev–Trinajstić information content (AvgIpc) is 2.81. The Balaban J connectivity index is 2.16. The molecule has 2 heterocycles. The van der Waals surface area contributed by atoms with Crippen molar-refractivity contribution in [1.82, 2.24) is 14.9 Å². The number of pyridine rings is 1. The van der Waals surface area contributed by atoms with E-state index in [-0.39, 0.29) is 0 Å². The van der Waals surface area contributed by atoms with Crippen LogP contribution in [-0.4, -0.2) is 41.1 Å². The first kappa shape index (κ1) is 13.9. The van der Waals surface area contributed by atoms with Crippen molar-refractivity contribution in [3.8, 4) is 5.88 Å². The van der Waals surface area contributed by atoms with Gasteiger partial charge in [0.1, 0.15) is 0 Å². The number of aromatic amines is 1. The maximum absolute atomic E-state index is 5.20. The molecule has 0 aliphatic carbocycles. The van der Waals surface area contributed by atoms with Crippen molar-refractivity contribution in [3.63, 3.8) is 0 Å². The average molecular weight is 261 g/mol. The molecule has 0 bridgehead atoms. The standard InChI is InChI=1S/C15H23N3O/c1-5-18(11(2)3)7-6-12-9-16-14-10-17-15(19-4)8-13(12)14/h8-11,16H,5-7H2,1-4H3. The first-order valence-electron chi connectivity index (χ1n) is 6.89. The van der Waals surface area contributed by atoms with Gasteiger partial charge in [0.15, 0.2) is 0 Å². The number of nitrogens with zero attached hydrogens (tertiary/aromatic N) is 2. The number of hydrogen-bond acceptors (Lipinski definition) is 3. The van der Waals surface area contributed by atoms with Crippen LogP contribution in [0, 0.1) is 0 Å². The van der Waals surface area contributed by atoms with Gasteiger partial charge in [-0.25, -0.2) is 4.98 Å². The largest absolute Gasteiger partial charge is 0.481 e. The normalized spacial score (nSPS) is 11.7. The monoisotopic (exact) mass is 261 g/mol. The number of fused-ring (bicyclic) bond motifs is 1. The molecule has 0 aliphatic heterocycles. The van der Waals surface area contributed by atoms with Gasteiger partial charge in [-0.05, 0) is 32.4 Å². The fraction of sp³-hybridized carbons (Fsp3) is 0.533. The Kier molecular flexibility index (Phi) is 4.43. The molecule has 0 aromatic carbocycles. The third-order valence-electron chi connectivity index (χ3n) is 3.64. The number of H-pyrrole nitrogens is 1. The number of methoxy groups -OCH3 is 1. The second-order valence-electron chi connectivity index (χ2n) is 5.06. The highest BCUT2D eigenvalue weighted by Gasteiger charge is 2.10. The molecule has 2 rings (SSSR count). The summed E-state index contributed by atoms with van der Waals surface area (Å²) < 4.78 is 5.20. The predicted molar refractivity (Wildman–Crippen MR) is 78.7 cm³/mol. The number of ether oxygens (including phenoxy) is 1. The van der Waals surface area contributed by atoms with Crippen LogP contribution < -0.4 is 4.74 Å². The van der Waals surface area contributed by atoms with Gasteiger partial charge < -0.3 is 14.6 Å². The molecule has 0 atom stereocenters. The summed E-state index contributed by atoms with van der Waals surface area (Å²) >= 11 is 0. The fourth-order valence-electron chi connectivity index (χ4n) is 2.42. The minimum Gasteiger partial charge on any atom is -0.481 e. The van der Waals surface area contributed by atoms with Gasteiger partial charge >= 0.3 is 0 Å². The number of aromatic nitrogens is 2. The summed E-state index contributed by atoms with van der Waals surface area (Å²) in [6.07, 6.45) is 4.96. The van der Waals surface area contributed by atoms with Gasteiger partial charge in [-0.15, -0.1) is 0 Å². The highest BCUT2D eigenvalue weighted by atomic mass is 16.5. The van der Waals surface area contributed by atoms with E-state index in [0.717, 1.165) is 25.0 Å². The lowest BCUT2D eigenvalue weighted by atomic mass is 10.1. The maximum atomic E-state index is 5.20. The highest BCUT2D eigenvalue weighted by Crippen LogP contribution is 2.22. The lowest BCUT2D eigenvalue weighted by Gasteiger charge is -2.24. The molecule has 0 spiro atoms. The van der Waals surface area contributed by atoms with Gasteiger partial charge in [-0.3, -0.25) is 0 Å². The molecule has 0 fully saturated rings. The van der Waals surface area contributed by atoms with Crippen molar-refractivity contribution in [2.24, 2.45) is 0 Å². The number of nitrogens with one attached hydrogen (secondary N) is 1. The second kappa shape index (κ2) is 6.06. The van der Waals surface area contributed by atoms with E-state index in [9.17, 15) is 0 Å². The Hall–Kier alpha value is -1.55. The zero-order valence-electron chi connectivity index (χ0n) is 12.2. The van der Waals surface area contributed by atoms with Crippen LogP contribution in [0.3, 0.4) is 0 Å². The lowest BCUT2D eigenvalue weighted by molar-refractivity contribution is 0.237. The maximum Gasteiger partial charge on any atom is 0.213 e. The van der Waals surface area contributed by atoms with E-state index in [1.807, 2.05) is 12.3 Å². The Morgan fingerprint density at radius 1 is 1.42 bits per heavy atom.